The Balaban J connectivity index is 2.53. The van der Waals surface area contributed by atoms with E-state index in [2.05, 4.69) is 39.6 Å². The second kappa shape index (κ2) is 6.94. The molecule has 0 aliphatic carbocycles. The fourth-order valence-corrected chi connectivity index (χ4v) is 3.90. The minimum Gasteiger partial charge on any atom is -0.496 e. The molecule has 1 aromatic carbocycles. The van der Waals surface area contributed by atoms with Crippen LogP contribution in [-0.2, 0) is 0 Å². The summed E-state index contributed by atoms with van der Waals surface area (Å²) in [4.78, 5) is 1.13. The van der Waals surface area contributed by atoms with Crippen LogP contribution in [0.3, 0.4) is 0 Å². The summed E-state index contributed by atoms with van der Waals surface area (Å²) < 4.78 is 6.52. The third-order valence-corrected chi connectivity index (χ3v) is 5.37. The zero-order valence-electron chi connectivity index (χ0n) is 11.7. The number of aryl methyl sites for hydroxylation is 1. The monoisotopic (exact) mass is 373 g/mol. The Morgan fingerprint density at radius 2 is 2.20 bits per heavy atom. The van der Waals surface area contributed by atoms with Gasteiger partial charge in [0.15, 0.2) is 0 Å². The van der Waals surface area contributed by atoms with Gasteiger partial charge in [-0.3, -0.25) is 0 Å². The highest BCUT2D eigenvalue weighted by molar-refractivity contribution is 9.10. The van der Waals surface area contributed by atoms with E-state index in [-0.39, 0.29) is 6.04 Å². The molecule has 0 radical (unpaired) electrons. The molecule has 2 nitrogen and oxygen atoms in total. The fourth-order valence-electron chi connectivity index (χ4n) is 2.12. The molecule has 1 unspecified atom stereocenters. The Morgan fingerprint density at radius 1 is 1.45 bits per heavy atom. The second-order valence-electron chi connectivity index (χ2n) is 4.47. The van der Waals surface area contributed by atoms with E-state index in [9.17, 15) is 0 Å². The van der Waals surface area contributed by atoms with Gasteiger partial charge in [-0.05, 0) is 42.6 Å². The predicted octanol–water partition coefficient (Wildman–Crippen LogP) is 5.18. The Morgan fingerprint density at radius 3 is 2.75 bits per heavy atom. The van der Waals surface area contributed by atoms with Crippen LogP contribution in [0.25, 0.3) is 0 Å². The summed E-state index contributed by atoms with van der Waals surface area (Å²) in [6, 6.07) is 6.07. The standard InChI is InChI=1S/C15H17BrClNOS/c1-4-18-14(15-13(17)9(2)8-20-15)11-7-10(16)5-6-12(11)19-3/h5-8,14,18H,4H2,1-3H3. The molecular weight excluding hydrogens is 358 g/mol. The lowest BCUT2D eigenvalue weighted by Crippen LogP contribution is -2.22. The molecule has 1 N–H and O–H groups in total. The normalized spacial score (nSPS) is 12.4. The van der Waals surface area contributed by atoms with Crippen LogP contribution < -0.4 is 10.1 Å². The minimum atomic E-state index is 0.0404. The van der Waals surface area contributed by atoms with E-state index in [0.29, 0.717) is 0 Å². The molecule has 0 saturated heterocycles. The molecule has 1 atom stereocenters. The molecule has 5 heteroatoms. The molecule has 0 saturated carbocycles. The first-order chi connectivity index (χ1) is 9.58. The van der Waals surface area contributed by atoms with Crippen LogP contribution in [0, 0.1) is 6.92 Å². The number of methoxy groups -OCH3 is 1. The Labute approximate surface area is 137 Å². The van der Waals surface area contributed by atoms with Gasteiger partial charge in [-0.1, -0.05) is 34.5 Å². The van der Waals surface area contributed by atoms with E-state index >= 15 is 0 Å². The van der Waals surface area contributed by atoms with E-state index in [1.165, 1.54) is 0 Å². The smallest absolute Gasteiger partial charge is 0.124 e. The van der Waals surface area contributed by atoms with Gasteiger partial charge in [-0.15, -0.1) is 11.3 Å². The van der Waals surface area contributed by atoms with E-state index in [0.717, 1.165) is 37.8 Å². The Kier molecular flexibility index (Phi) is 5.49. The number of hydrogen-bond donors (Lipinski definition) is 1. The van der Waals surface area contributed by atoms with Crippen molar-refractivity contribution in [3.63, 3.8) is 0 Å². The number of benzene rings is 1. The maximum absolute atomic E-state index is 6.44. The molecular formula is C15H17BrClNOS. The van der Waals surface area contributed by atoms with E-state index in [1.54, 1.807) is 18.4 Å². The van der Waals surface area contributed by atoms with Crippen molar-refractivity contribution in [3.8, 4) is 5.75 Å². The summed E-state index contributed by atoms with van der Waals surface area (Å²) in [5, 5.41) is 6.42. The van der Waals surface area contributed by atoms with Crippen LogP contribution >= 0.6 is 38.9 Å². The molecule has 2 aromatic rings. The molecule has 0 aliphatic rings. The minimum absolute atomic E-state index is 0.0404. The van der Waals surface area contributed by atoms with E-state index in [1.807, 2.05) is 19.1 Å². The molecule has 0 bridgehead atoms. The lowest BCUT2D eigenvalue weighted by atomic mass is 10.0. The van der Waals surface area contributed by atoms with Gasteiger partial charge in [-0.25, -0.2) is 0 Å². The van der Waals surface area contributed by atoms with Crippen molar-refractivity contribution in [1.29, 1.82) is 0 Å². The maximum Gasteiger partial charge on any atom is 0.124 e. The highest BCUT2D eigenvalue weighted by Crippen LogP contribution is 2.39. The topological polar surface area (TPSA) is 21.3 Å². The van der Waals surface area contributed by atoms with Crippen molar-refractivity contribution < 1.29 is 4.74 Å². The third kappa shape index (κ3) is 3.19. The number of ether oxygens (including phenoxy) is 1. The van der Waals surface area contributed by atoms with Crippen LogP contribution in [0.2, 0.25) is 5.02 Å². The molecule has 1 heterocycles. The van der Waals surface area contributed by atoms with Gasteiger partial charge in [0.25, 0.3) is 0 Å². The highest BCUT2D eigenvalue weighted by atomic mass is 79.9. The van der Waals surface area contributed by atoms with Gasteiger partial charge >= 0.3 is 0 Å². The van der Waals surface area contributed by atoms with Gasteiger partial charge in [0, 0.05) is 14.9 Å². The summed E-state index contributed by atoms with van der Waals surface area (Å²) in [5.41, 5.74) is 2.20. The number of thiophene rings is 1. The number of hydrogen-bond acceptors (Lipinski definition) is 3. The van der Waals surface area contributed by atoms with Gasteiger partial charge in [0.2, 0.25) is 0 Å². The summed E-state index contributed by atoms with van der Waals surface area (Å²) in [6.07, 6.45) is 0. The highest BCUT2D eigenvalue weighted by Gasteiger charge is 2.22. The zero-order chi connectivity index (χ0) is 14.7. The average Bonchev–Trinajstić information content (AvgIpc) is 2.76. The summed E-state index contributed by atoms with van der Waals surface area (Å²) in [6.45, 7) is 4.98. The molecule has 20 heavy (non-hydrogen) atoms. The van der Waals surface area contributed by atoms with Crippen molar-refractivity contribution in [2.45, 2.75) is 19.9 Å². The van der Waals surface area contributed by atoms with Gasteiger partial charge in [-0.2, -0.15) is 0 Å². The summed E-state index contributed by atoms with van der Waals surface area (Å²) >= 11 is 11.6. The van der Waals surface area contributed by atoms with Crippen molar-refractivity contribution in [2.75, 3.05) is 13.7 Å². The summed E-state index contributed by atoms with van der Waals surface area (Å²) in [5.74, 6) is 0.862. The third-order valence-electron chi connectivity index (χ3n) is 3.10. The van der Waals surface area contributed by atoms with Crippen LogP contribution in [0.1, 0.15) is 29.0 Å². The van der Waals surface area contributed by atoms with Crippen molar-refractivity contribution in [1.82, 2.24) is 5.32 Å². The van der Waals surface area contributed by atoms with E-state index < -0.39 is 0 Å². The largest absolute Gasteiger partial charge is 0.496 e. The zero-order valence-corrected chi connectivity index (χ0v) is 14.8. The molecule has 0 amide bonds. The first-order valence-corrected chi connectivity index (χ1v) is 8.43. The maximum atomic E-state index is 6.44. The lowest BCUT2D eigenvalue weighted by molar-refractivity contribution is 0.404. The van der Waals surface area contributed by atoms with E-state index in [4.69, 9.17) is 16.3 Å². The molecule has 1 aromatic heterocycles. The van der Waals surface area contributed by atoms with Gasteiger partial charge in [0.05, 0.1) is 18.2 Å². The predicted molar refractivity (Wildman–Crippen MR) is 90.3 cm³/mol. The first kappa shape index (κ1) is 15.8. The number of rotatable bonds is 5. The van der Waals surface area contributed by atoms with Crippen molar-refractivity contribution in [2.24, 2.45) is 0 Å². The van der Waals surface area contributed by atoms with Crippen LogP contribution in [0.4, 0.5) is 0 Å². The van der Waals surface area contributed by atoms with Crippen molar-refractivity contribution in [3.05, 3.63) is 49.1 Å². The van der Waals surface area contributed by atoms with Gasteiger partial charge in [0.1, 0.15) is 5.75 Å². The molecule has 2 rings (SSSR count). The molecule has 0 aliphatic heterocycles. The molecule has 0 spiro atoms. The lowest BCUT2D eigenvalue weighted by Gasteiger charge is -2.20. The van der Waals surface area contributed by atoms with Crippen LogP contribution in [-0.4, -0.2) is 13.7 Å². The fraction of sp³-hybridized carbons (Fsp3) is 0.333. The number of halogens is 2. The second-order valence-corrected chi connectivity index (χ2v) is 6.68. The average molecular weight is 375 g/mol. The van der Waals surface area contributed by atoms with Crippen LogP contribution in [0.5, 0.6) is 5.75 Å². The van der Waals surface area contributed by atoms with Crippen molar-refractivity contribution >= 4 is 38.9 Å². The first-order valence-electron chi connectivity index (χ1n) is 6.38. The Hall–Kier alpha value is -0.550. The Bertz CT molecular complexity index is 600. The molecule has 0 fully saturated rings. The van der Waals surface area contributed by atoms with Gasteiger partial charge < -0.3 is 10.1 Å². The number of nitrogens with one attached hydrogen (secondary N) is 1. The van der Waals surface area contributed by atoms with Crippen LogP contribution in [0.15, 0.2) is 28.1 Å². The molecule has 108 valence electrons. The quantitative estimate of drug-likeness (QED) is 0.778. The SMILES string of the molecule is CCNC(c1cc(Br)ccc1OC)c1scc(C)c1Cl. The summed E-state index contributed by atoms with van der Waals surface area (Å²) in [7, 11) is 1.69.